The molecule has 0 saturated carbocycles. The van der Waals surface area contributed by atoms with Crippen LogP contribution in [0, 0.1) is 0 Å². The van der Waals surface area contributed by atoms with Crippen molar-refractivity contribution in [1.29, 1.82) is 0 Å². The molecule has 1 aromatic heterocycles. The van der Waals surface area contributed by atoms with E-state index in [1.165, 1.54) is 0 Å². The summed E-state index contributed by atoms with van der Waals surface area (Å²) in [4.78, 5) is 14.0. The summed E-state index contributed by atoms with van der Waals surface area (Å²) in [5.41, 5.74) is 0. The summed E-state index contributed by atoms with van der Waals surface area (Å²) in [7, 11) is 3.65. The number of fused-ring (bicyclic) bond motifs is 1. The first-order chi connectivity index (χ1) is 10.1. The lowest BCUT2D eigenvalue weighted by Crippen LogP contribution is -2.13. The number of nitrogens with zero attached hydrogens (tertiary/aromatic N) is 4. The highest BCUT2D eigenvalue weighted by Crippen LogP contribution is 2.28. The molecule has 0 spiro atoms. The second kappa shape index (κ2) is 5.54. The molecular weight excluding hydrogens is 288 g/mol. The van der Waals surface area contributed by atoms with Crippen molar-refractivity contribution < 1.29 is 4.74 Å². The van der Waals surface area contributed by atoms with Crippen LogP contribution >= 0.6 is 11.6 Å². The highest BCUT2D eigenvalue weighted by Gasteiger charge is 2.10. The topological polar surface area (TPSA) is 51.1 Å². The minimum atomic E-state index is 0.101. The second-order valence-electron chi connectivity index (χ2n) is 4.66. The van der Waals surface area contributed by atoms with Gasteiger partial charge in [0.15, 0.2) is 0 Å². The van der Waals surface area contributed by atoms with Crippen LogP contribution < -0.4 is 9.64 Å². The zero-order valence-corrected chi connectivity index (χ0v) is 12.4. The molecule has 0 aliphatic rings. The fraction of sp³-hybridized carbons (Fsp3) is 0.133. The molecule has 1 heterocycles. The summed E-state index contributed by atoms with van der Waals surface area (Å²) in [5, 5.41) is 2.18. The van der Waals surface area contributed by atoms with E-state index in [0.717, 1.165) is 10.8 Å². The SMILES string of the molecule is CN(C)c1nc(Cl)nc(Oc2cccc3ccccc23)n1. The summed E-state index contributed by atoms with van der Waals surface area (Å²) < 4.78 is 5.79. The first-order valence-corrected chi connectivity index (χ1v) is 6.76. The number of halogens is 1. The van der Waals surface area contributed by atoms with Crippen molar-refractivity contribution in [1.82, 2.24) is 15.0 Å². The molecule has 106 valence electrons. The van der Waals surface area contributed by atoms with Crippen molar-refractivity contribution in [3.05, 3.63) is 47.7 Å². The van der Waals surface area contributed by atoms with Gasteiger partial charge in [-0.1, -0.05) is 36.4 Å². The van der Waals surface area contributed by atoms with Crippen LogP contribution in [0.5, 0.6) is 11.8 Å². The average Bonchev–Trinajstić information content (AvgIpc) is 2.47. The highest BCUT2D eigenvalue weighted by atomic mass is 35.5. The van der Waals surface area contributed by atoms with Crippen LogP contribution in [0.15, 0.2) is 42.5 Å². The van der Waals surface area contributed by atoms with E-state index in [2.05, 4.69) is 15.0 Å². The van der Waals surface area contributed by atoms with Gasteiger partial charge in [0.25, 0.3) is 0 Å². The summed E-state index contributed by atoms with van der Waals surface area (Å²) in [6.07, 6.45) is 0. The third kappa shape index (κ3) is 2.87. The molecule has 5 nitrogen and oxygen atoms in total. The van der Waals surface area contributed by atoms with E-state index in [9.17, 15) is 0 Å². The van der Waals surface area contributed by atoms with Crippen molar-refractivity contribution in [3.8, 4) is 11.8 Å². The number of ether oxygens (including phenoxy) is 1. The molecule has 21 heavy (non-hydrogen) atoms. The van der Waals surface area contributed by atoms with E-state index in [0.29, 0.717) is 11.7 Å². The zero-order chi connectivity index (χ0) is 14.8. The maximum absolute atomic E-state index is 5.91. The van der Waals surface area contributed by atoms with Crippen molar-refractivity contribution in [2.75, 3.05) is 19.0 Å². The monoisotopic (exact) mass is 300 g/mol. The Morgan fingerprint density at radius 3 is 2.52 bits per heavy atom. The Morgan fingerprint density at radius 2 is 1.71 bits per heavy atom. The van der Waals surface area contributed by atoms with E-state index < -0.39 is 0 Å². The predicted octanol–water partition coefficient (Wildman–Crippen LogP) is 3.54. The fourth-order valence-electron chi connectivity index (χ4n) is 1.95. The Hall–Kier alpha value is -2.40. The van der Waals surface area contributed by atoms with E-state index in [1.54, 1.807) is 4.90 Å². The predicted molar refractivity (Wildman–Crippen MR) is 83.2 cm³/mol. The molecule has 0 atom stereocenters. The number of hydrogen-bond acceptors (Lipinski definition) is 5. The van der Waals surface area contributed by atoms with Gasteiger partial charge in [0.05, 0.1) is 0 Å². The van der Waals surface area contributed by atoms with Crippen LogP contribution in [-0.2, 0) is 0 Å². The fourth-order valence-corrected chi connectivity index (χ4v) is 2.10. The smallest absolute Gasteiger partial charge is 0.328 e. The molecule has 3 rings (SSSR count). The Labute approximate surface area is 127 Å². The number of aromatic nitrogens is 3. The Bertz CT molecular complexity index is 786. The van der Waals surface area contributed by atoms with Gasteiger partial charge in [-0.2, -0.15) is 15.0 Å². The van der Waals surface area contributed by atoms with Crippen LogP contribution in [-0.4, -0.2) is 29.0 Å². The molecule has 2 aromatic carbocycles. The van der Waals surface area contributed by atoms with Crippen molar-refractivity contribution >= 4 is 28.3 Å². The Kier molecular flexibility index (Phi) is 3.58. The molecular formula is C15H13ClN4O. The molecule has 0 amide bonds. The van der Waals surface area contributed by atoms with E-state index in [4.69, 9.17) is 16.3 Å². The van der Waals surface area contributed by atoms with Gasteiger partial charge in [0.1, 0.15) is 5.75 Å². The Morgan fingerprint density at radius 1 is 0.952 bits per heavy atom. The molecule has 0 unspecified atom stereocenters. The average molecular weight is 301 g/mol. The number of benzene rings is 2. The van der Waals surface area contributed by atoms with Gasteiger partial charge < -0.3 is 9.64 Å². The van der Waals surface area contributed by atoms with Crippen LogP contribution in [0.3, 0.4) is 0 Å². The number of rotatable bonds is 3. The lowest BCUT2D eigenvalue weighted by atomic mass is 10.1. The van der Waals surface area contributed by atoms with E-state index >= 15 is 0 Å². The minimum Gasteiger partial charge on any atom is -0.423 e. The van der Waals surface area contributed by atoms with Gasteiger partial charge in [-0.15, -0.1) is 0 Å². The second-order valence-corrected chi connectivity index (χ2v) is 5.00. The molecule has 0 aliphatic carbocycles. The molecule has 3 aromatic rings. The normalized spacial score (nSPS) is 10.6. The lowest BCUT2D eigenvalue weighted by molar-refractivity contribution is 0.444. The third-order valence-electron chi connectivity index (χ3n) is 2.93. The van der Waals surface area contributed by atoms with Crippen LogP contribution in [0.4, 0.5) is 5.95 Å². The Balaban J connectivity index is 2.03. The first-order valence-electron chi connectivity index (χ1n) is 6.38. The molecule has 0 N–H and O–H groups in total. The van der Waals surface area contributed by atoms with Gasteiger partial charge in [-0.05, 0) is 23.1 Å². The molecule has 0 radical (unpaired) electrons. The van der Waals surface area contributed by atoms with Crippen LogP contribution in [0.2, 0.25) is 5.28 Å². The summed E-state index contributed by atoms with van der Waals surface area (Å²) in [5.74, 6) is 1.13. The maximum Gasteiger partial charge on any atom is 0.328 e. The van der Waals surface area contributed by atoms with Crippen molar-refractivity contribution in [3.63, 3.8) is 0 Å². The largest absolute Gasteiger partial charge is 0.423 e. The van der Waals surface area contributed by atoms with E-state index in [-0.39, 0.29) is 11.3 Å². The van der Waals surface area contributed by atoms with Crippen molar-refractivity contribution in [2.45, 2.75) is 0 Å². The van der Waals surface area contributed by atoms with Gasteiger partial charge in [-0.25, -0.2) is 0 Å². The molecule has 0 bridgehead atoms. The van der Waals surface area contributed by atoms with Gasteiger partial charge >= 0.3 is 6.01 Å². The quantitative estimate of drug-likeness (QED) is 0.740. The van der Waals surface area contributed by atoms with Crippen molar-refractivity contribution in [2.24, 2.45) is 0 Å². The zero-order valence-electron chi connectivity index (χ0n) is 11.6. The first kappa shape index (κ1) is 13.6. The molecule has 0 aliphatic heterocycles. The molecule has 0 saturated heterocycles. The summed E-state index contributed by atoms with van der Waals surface area (Å²) in [6.45, 7) is 0. The number of anilines is 1. The van der Waals surface area contributed by atoms with Gasteiger partial charge in [0.2, 0.25) is 11.2 Å². The minimum absolute atomic E-state index is 0.101. The van der Waals surface area contributed by atoms with Gasteiger partial charge in [-0.3, -0.25) is 0 Å². The molecule has 0 fully saturated rings. The third-order valence-corrected chi connectivity index (χ3v) is 3.10. The molecule has 6 heteroatoms. The van der Waals surface area contributed by atoms with Gasteiger partial charge in [0, 0.05) is 19.5 Å². The highest BCUT2D eigenvalue weighted by molar-refractivity contribution is 6.28. The van der Waals surface area contributed by atoms with Crippen LogP contribution in [0.1, 0.15) is 0 Å². The van der Waals surface area contributed by atoms with E-state index in [1.807, 2.05) is 56.6 Å². The standard InChI is InChI=1S/C15H13ClN4O/c1-20(2)14-17-13(16)18-15(19-14)21-12-9-5-7-10-6-3-4-8-11(10)12/h3-9H,1-2H3. The summed E-state index contributed by atoms with van der Waals surface area (Å²) >= 11 is 5.91. The number of hydrogen-bond donors (Lipinski definition) is 0. The van der Waals surface area contributed by atoms with Crippen LogP contribution in [0.25, 0.3) is 10.8 Å². The lowest BCUT2D eigenvalue weighted by Gasteiger charge is -2.12. The maximum atomic E-state index is 5.91. The summed E-state index contributed by atoms with van der Waals surface area (Å²) in [6, 6.07) is 13.9.